The minimum atomic E-state index is -0.178. The molecule has 3 aliphatic rings. The van der Waals surface area contributed by atoms with Crippen molar-refractivity contribution < 1.29 is 10.2 Å². The van der Waals surface area contributed by atoms with Crippen molar-refractivity contribution in [1.82, 2.24) is 0 Å². The van der Waals surface area contributed by atoms with Gasteiger partial charge in [-0.05, 0) is 25.2 Å². The van der Waals surface area contributed by atoms with Gasteiger partial charge in [-0.2, -0.15) is 0 Å². The highest BCUT2D eigenvalue weighted by Gasteiger charge is 2.57. The SMILES string of the molecule is OCC12CCC(C1)C2O. The fraction of sp³-hybridized carbons (Fsp3) is 1.00. The first-order valence-corrected chi connectivity index (χ1v) is 3.57. The lowest BCUT2D eigenvalue weighted by atomic mass is 9.67. The lowest BCUT2D eigenvalue weighted by molar-refractivity contribution is -0.0952. The van der Waals surface area contributed by atoms with Gasteiger partial charge in [-0.15, -0.1) is 0 Å². The van der Waals surface area contributed by atoms with Crippen LogP contribution in [0.3, 0.4) is 0 Å². The van der Waals surface area contributed by atoms with Crippen LogP contribution in [-0.4, -0.2) is 22.9 Å². The third kappa shape index (κ3) is 0.485. The lowest BCUT2D eigenvalue weighted by Crippen LogP contribution is -2.47. The van der Waals surface area contributed by atoms with E-state index in [1.165, 1.54) is 0 Å². The van der Waals surface area contributed by atoms with Crippen molar-refractivity contribution in [2.24, 2.45) is 11.3 Å². The molecule has 3 fully saturated rings. The first-order valence-electron chi connectivity index (χ1n) is 3.57. The maximum absolute atomic E-state index is 9.34. The predicted molar refractivity (Wildman–Crippen MR) is 32.9 cm³/mol. The van der Waals surface area contributed by atoms with Gasteiger partial charge in [-0.1, -0.05) is 0 Å². The van der Waals surface area contributed by atoms with Crippen LogP contribution >= 0.6 is 0 Å². The molecule has 0 spiro atoms. The van der Waals surface area contributed by atoms with Crippen LogP contribution in [0.4, 0.5) is 0 Å². The molecule has 3 saturated carbocycles. The second-order valence-corrected chi connectivity index (χ2v) is 3.47. The summed E-state index contributed by atoms with van der Waals surface area (Å²) >= 11 is 0. The minimum Gasteiger partial charge on any atom is -0.396 e. The summed E-state index contributed by atoms with van der Waals surface area (Å²) in [4.78, 5) is 0. The largest absolute Gasteiger partial charge is 0.396 e. The molecular weight excluding hydrogens is 116 g/mol. The average molecular weight is 128 g/mol. The molecule has 0 aromatic rings. The second-order valence-electron chi connectivity index (χ2n) is 3.47. The maximum Gasteiger partial charge on any atom is 0.0646 e. The van der Waals surface area contributed by atoms with Crippen molar-refractivity contribution >= 4 is 0 Å². The smallest absolute Gasteiger partial charge is 0.0646 e. The van der Waals surface area contributed by atoms with Crippen molar-refractivity contribution in [2.45, 2.75) is 25.4 Å². The summed E-state index contributed by atoms with van der Waals surface area (Å²) in [6, 6.07) is 0. The van der Waals surface area contributed by atoms with Crippen LogP contribution in [0.15, 0.2) is 0 Å². The topological polar surface area (TPSA) is 40.5 Å². The van der Waals surface area contributed by atoms with E-state index in [4.69, 9.17) is 5.11 Å². The molecule has 0 aromatic carbocycles. The van der Waals surface area contributed by atoms with E-state index >= 15 is 0 Å². The Labute approximate surface area is 54.5 Å². The van der Waals surface area contributed by atoms with Crippen molar-refractivity contribution in [1.29, 1.82) is 0 Å². The molecule has 3 atom stereocenters. The van der Waals surface area contributed by atoms with E-state index in [1.54, 1.807) is 0 Å². The number of rotatable bonds is 1. The van der Waals surface area contributed by atoms with Crippen LogP contribution in [0, 0.1) is 11.3 Å². The quantitative estimate of drug-likeness (QED) is 0.527. The Morgan fingerprint density at radius 1 is 1.56 bits per heavy atom. The van der Waals surface area contributed by atoms with Crippen LogP contribution in [-0.2, 0) is 0 Å². The maximum atomic E-state index is 9.34. The molecule has 0 radical (unpaired) electrons. The Morgan fingerprint density at radius 3 is 2.56 bits per heavy atom. The first-order chi connectivity index (χ1) is 4.28. The zero-order chi connectivity index (χ0) is 6.48. The van der Waals surface area contributed by atoms with Gasteiger partial charge in [-0.3, -0.25) is 0 Å². The van der Waals surface area contributed by atoms with Crippen LogP contribution in [0.25, 0.3) is 0 Å². The highest BCUT2D eigenvalue weighted by molar-refractivity contribution is 5.07. The van der Waals surface area contributed by atoms with E-state index in [2.05, 4.69) is 0 Å². The average Bonchev–Trinajstić information content (AvgIpc) is 2.41. The van der Waals surface area contributed by atoms with Crippen LogP contribution in [0.1, 0.15) is 19.3 Å². The molecule has 0 aliphatic heterocycles. The van der Waals surface area contributed by atoms with Gasteiger partial charge in [0.2, 0.25) is 0 Å². The molecule has 0 aromatic heterocycles. The normalized spacial score (nSPS) is 55.3. The van der Waals surface area contributed by atoms with Crippen molar-refractivity contribution in [2.75, 3.05) is 6.61 Å². The van der Waals surface area contributed by atoms with Crippen molar-refractivity contribution in [3.63, 3.8) is 0 Å². The highest BCUT2D eigenvalue weighted by Crippen LogP contribution is 2.58. The van der Waals surface area contributed by atoms with Crippen LogP contribution in [0.5, 0.6) is 0 Å². The van der Waals surface area contributed by atoms with Gasteiger partial charge in [0.25, 0.3) is 0 Å². The Kier molecular flexibility index (Phi) is 0.945. The molecule has 3 aliphatic carbocycles. The fourth-order valence-electron chi connectivity index (χ4n) is 2.31. The van der Waals surface area contributed by atoms with E-state index in [0.717, 1.165) is 19.3 Å². The molecule has 2 bridgehead atoms. The van der Waals surface area contributed by atoms with E-state index < -0.39 is 0 Å². The molecule has 3 unspecified atom stereocenters. The number of hydrogen-bond acceptors (Lipinski definition) is 2. The van der Waals surface area contributed by atoms with Crippen molar-refractivity contribution in [3.8, 4) is 0 Å². The molecule has 2 heteroatoms. The summed E-state index contributed by atoms with van der Waals surface area (Å²) in [5.41, 5.74) is -0.0509. The van der Waals surface area contributed by atoms with Gasteiger partial charge in [0, 0.05) is 5.41 Å². The minimum absolute atomic E-state index is 0.0509. The number of aliphatic hydroxyl groups excluding tert-OH is 2. The van der Waals surface area contributed by atoms with Gasteiger partial charge in [-0.25, -0.2) is 0 Å². The third-order valence-corrected chi connectivity index (χ3v) is 3.07. The van der Waals surface area contributed by atoms with Gasteiger partial charge >= 0.3 is 0 Å². The molecule has 3 rings (SSSR count). The standard InChI is InChI=1S/C7H12O2/c8-4-7-2-1-5(3-7)6(7)9/h5-6,8-9H,1-4H2. The second kappa shape index (κ2) is 1.50. The molecular formula is C7H12O2. The Morgan fingerprint density at radius 2 is 2.33 bits per heavy atom. The predicted octanol–water partition coefficient (Wildman–Crippen LogP) is 0.140. The molecule has 0 saturated heterocycles. The van der Waals surface area contributed by atoms with Crippen molar-refractivity contribution in [3.05, 3.63) is 0 Å². The zero-order valence-corrected chi connectivity index (χ0v) is 5.38. The fourth-order valence-corrected chi connectivity index (χ4v) is 2.31. The van der Waals surface area contributed by atoms with Gasteiger partial charge < -0.3 is 10.2 Å². The van der Waals surface area contributed by atoms with E-state index in [0.29, 0.717) is 5.92 Å². The summed E-state index contributed by atoms with van der Waals surface area (Å²) < 4.78 is 0. The monoisotopic (exact) mass is 128 g/mol. The Bertz CT molecular complexity index is 131. The molecule has 0 heterocycles. The summed E-state index contributed by atoms with van der Waals surface area (Å²) in [5.74, 6) is 0.525. The molecule has 0 amide bonds. The summed E-state index contributed by atoms with van der Waals surface area (Å²) in [6.07, 6.45) is 3.05. The molecule has 52 valence electrons. The molecule has 2 N–H and O–H groups in total. The van der Waals surface area contributed by atoms with E-state index in [1.807, 2.05) is 0 Å². The third-order valence-electron chi connectivity index (χ3n) is 3.07. The van der Waals surface area contributed by atoms with E-state index in [-0.39, 0.29) is 18.1 Å². The van der Waals surface area contributed by atoms with Gasteiger partial charge in [0.15, 0.2) is 0 Å². The van der Waals surface area contributed by atoms with Gasteiger partial charge in [0.1, 0.15) is 0 Å². The highest BCUT2D eigenvalue weighted by atomic mass is 16.3. The zero-order valence-electron chi connectivity index (χ0n) is 5.38. The lowest BCUT2D eigenvalue weighted by Gasteiger charge is -2.42. The summed E-state index contributed by atoms with van der Waals surface area (Å²) in [6.45, 7) is 0.185. The summed E-state index contributed by atoms with van der Waals surface area (Å²) in [7, 11) is 0. The molecule has 2 nitrogen and oxygen atoms in total. The van der Waals surface area contributed by atoms with E-state index in [9.17, 15) is 5.11 Å². The Balaban J connectivity index is 2.15. The van der Waals surface area contributed by atoms with Crippen LogP contribution < -0.4 is 0 Å². The number of aliphatic hydroxyl groups is 2. The van der Waals surface area contributed by atoms with Crippen LogP contribution in [0.2, 0.25) is 0 Å². The number of hydrogen-bond donors (Lipinski definition) is 2. The van der Waals surface area contributed by atoms with Gasteiger partial charge in [0.05, 0.1) is 12.7 Å². The first kappa shape index (κ1) is 5.69. The Hall–Kier alpha value is -0.0800. The number of fused-ring (bicyclic) bond motifs is 1. The molecule has 9 heavy (non-hydrogen) atoms. The summed E-state index contributed by atoms with van der Waals surface area (Å²) in [5, 5.41) is 18.2.